The first kappa shape index (κ1) is 10.7. The third-order valence-electron chi connectivity index (χ3n) is 2.69. The molecule has 4 nitrogen and oxygen atoms in total. The molecule has 1 aromatic carbocycles. The number of hydrogen-bond acceptors (Lipinski definition) is 4. The maximum atomic E-state index is 4.29. The monoisotopic (exact) mass is 236 g/mol. The van der Waals surface area contributed by atoms with Crippen LogP contribution in [0.5, 0.6) is 0 Å². The van der Waals surface area contributed by atoms with Crippen molar-refractivity contribution < 1.29 is 0 Å². The van der Waals surface area contributed by atoms with Gasteiger partial charge in [-0.15, -0.1) is 0 Å². The second-order valence-electron chi connectivity index (χ2n) is 3.96. The molecule has 88 valence electrons. The van der Waals surface area contributed by atoms with E-state index in [0.29, 0.717) is 6.54 Å². The molecule has 3 aromatic rings. The summed E-state index contributed by atoms with van der Waals surface area (Å²) >= 11 is 0. The number of pyridine rings is 1. The molecule has 2 aromatic heterocycles. The fraction of sp³-hybridized carbons (Fsp3) is 0.0714. The molecule has 18 heavy (non-hydrogen) atoms. The molecule has 2 heterocycles. The number of anilines is 1. The average molecular weight is 236 g/mol. The summed E-state index contributed by atoms with van der Waals surface area (Å²) in [5.41, 5.74) is 2.98. The first-order chi connectivity index (χ1) is 8.92. The van der Waals surface area contributed by atoms with Crippen molar-refractivity contribution in [2.24, 2.45) is 0 Å². The second kappa shape index (κ2) is 4.79. The molecule has 0 atom stereocenters. The van der Waals surface area contributed by atoms with Gasteiger partial charge in [0.25, 0.3) is 0 Å². The van der Waals surface area contributed by atoms with Crippen molar-refractivity contribution in [3.05, 3.63) is 60.8 Å². The normalized spacial score (nSPS) is 10.4. The van der Waals surface area contributed by atoms with Crippen LogP contribution in [-0.4, -0.2) is 15.0 Å². The lowest BCUT2D eigenvalue weighted by atomic mass is 10.2. The summed E-state index contributed by atoms with van der Waals surface area (Å²) in [6, 6.07) is 10.1. The summed E-state index contributed by atoms with van der Waals surface area (Å²) in [4.78, 5) is 12.5. The van der Waals surface area contributed by atoms with Gasteiger partial charge >= 0.3 is 0 Å². The van der Waals surface area contributed by atoms with Crippen LogP contribution in [0.4, 0.5) is 5.69 Å². The minimum Gasteiger partial charge on any atom is -0.379 e. The van der Waals surface area contributed by atoms with Crippen molar-refractivity contribution in [1.29, 1.82) is 0 Å². The van der Waals surface area contributed by atoms with Crippen LogP contribution in [0.25, 0.3) is 10.9 Å². The Kier molecular flexibility index (Phi) is 2.84. The van der Waals surface area contributed by atoms with Crippen LogP contribution >= 0.6 is 0 Å². The van der Waals surface area contributed by atoms with E-state index in [0.717, 1.165) is 22.3 Å². The highest BCUT2D eigenvalue weighted by Gasteiger charge is 1.97. The van der Waals surface area contributed by atoms with Gasteiger partial charge in [0.15, 0.2) is 0 Å². The Labute approximate surface area is 105 Å². The number of nitrogens with zero attached hydrogens (tertiary/aromatic N) is 3. The molecule has 0 aliphatic heterocycles. The average Bonchev–Trinajstić information content (AvgIpc) is 2.46. The van der Waals surface area contributed by atoms with E-state index >= 15 is 0 Å². The zero-order valence-corrected chi connectivity index (χ0v) is 9.74. The number of aromatic nitrogens is 3. The Bertz CT molecular complexity index is 652. The van der Waals surface area contributed by atoms with E-state index in [9.17, 15) is 0 Å². The van der Waals surface area contributed by atoms with E-state index in [1.165, 1.54) is 0 Å². The van der Waals surface area contributed by atoms with E-state index in [1.807, 2.05) is 18.2 Å². The molecule has 0 fully saturated rings. The highest BCUT2D eigenvalue weighted by atomic mass is 14.9. The zero-order valence-electron chi connectivity index (χ0n) is 9.74. The number of benzene rings is 1. The molecule has 0 aliphatic carbocycles. The maximum Gasteiger partial charge on any atom is 0.0777 e. The fourth-order valence-corrected chi connectivity index (χ4v) is 1.80. The predicted octanol–water partition coefficient (Wildman–Crippen LogP) is 2.64. The van der Waals surface area contributed by atoms with Crippen molar-refractivity contribution in [3.63, 3.8) is 0 Å². The summed E-state index contributed by atoms with van der Waals surface area (Å²) in [7, 11) is 0. The second-order valence-corrected chi connectivity index (χ2v) is 3.96. The van der Waals surface area contributed by atoms with E-state index < -0.39 is 0 Å². The summed E-state index contributed by atoms with van der Waals surface area (Å²) < 4.78 is 0. The van der Waals surface area contributed by atoms with Crippen LogP contribution in [0.2, 0.25) is 0 Å². The third-order valence-corrected chi connectivity index (χ3v) is 2.69. The van der Waals surface area contributed by atoms with E-state index in [2.05, 4.69) is 32.4 Å². The molecule has 0 amide bonds. The molecular weight excluding hydrogens is 224 g/mol. The number of rotatable bonds is 3. The lowest BCUT2D eigenvalue weighted by Crippen LogP contribution is -2.01. The summed E-state index contributed by atoms with van der Waals surface area (Å²) in [5.74, 6) is 0. The Morgan fingerprint density at radius 3 is 2.89 bits per heavy atom. The molecule has 0 saturated heterocycles. The van der Waals surface area contributed by atoms with Gasteiger partial charge in [-0.2, -0.15) is 0 Å². The highest BCUT2D eigenvalue weighted by molar-refractivity contribution is 5.82. The van der Waals surface area contributed by atoms with Crippen molar-refractivity contribution in [1.82, 2.24) is 15.0 Å². The van der Waals surface area contributed by atoms with E-state index in [1.54, 1.807) is 24.8 Å². The van der Waals surface area contributed by atoms with Gasteiger partial charge in [0, 0.05) is 29.7 Å². The van der Waals surface area contributed by atoms with Crippen LogP contribution in [-0.2, 0) is 6.54 Å². The molecule has 0 spiro atoms. The van der Waals surface area contributed by atoms with Crippen LogP contribution in [0, 0.1) is 0 Å². The standard InChI is InChI=1S/C14H12N4/c1-2-11-8-12(3-4-14(11)17-5-1)18-10-13-9-15-6-7-16-13/h1-9,18H,10H2. The number of nitrogens with one attached hydrogen (secondary N) is 1. The van der Waals surface area contributed by atoms with Crippen molar-refractivity contribution in [2.75, 3.05) is 5.32 Å². The Morgan fingerprint density at radius 2 is 2.00 bits per heavy atom. The molecule has 0 radical (unpaired) electrons. The van der Waals surface area contributed by atoms with Gasteiger partial charge in [-0.05, 0) is 24.3 Å². The van der Waals surface area contributed by atoms with Crippen molar-refractivity contribution in [2.45, 2.75) is 6.54 Å². The van der Waals surface area contributed by atoms with Crippen molar-refractivity contribution >= 4 is 16.6 Å². The van der Waals surface area contributed by atoms with E-state index in [4.69, 9.17) is 0 Å². The largest absolute Gasteiger partial charge is 0.379 e. The Balaban J connectivity index is 1.79. The van der Waals surface area contributed by atoms with Gasteiger partial charge in [0.05, 0.1) is 24.0 Å². The van der Waals surface area contributed by atoms with Gasteiger partial charge < -0.3 is 5.32 Å². The van der Waals surface area contributed by atoms with Gasteiger partial charge in [-0.3, -0.25) is 15.0 Å². The molecule has 0 bridgehead atoms. The Hall–Kier alpha value is -2.49. The topological polar surface area (TPSA) is 50.7 Å². The number of fused-ring (bicyclic) bond motifs is 1. The lowest BCUT2D eigenvalue weighted by Gasteiger charge is -2.06. The van der Waals surface area contributed by atoms with Gasteiger partial charge in [0.1, 0.15) is 0 Å². The minimum atomic E-state index is 0.666. The smallest absolute Gasteiger partial charge is 0.0777 e. The van der Waals surface area contributed by atoms with Crippen molar-refractivity contribution in [3.8, 4) is 0 Å². The fourth-order valence-electron chi connectivity index (χ4n) is 1.80. The van der Waals surface area contributed by atoms with Crippen LogP contribution in [0.15, 0.2) is 55.1 Å². The van der Waals surface area contributed by atoms with E-state index in [-0.39, 0.29) is 0 Å². The molecule has 1 N–H and O–H groups in total. The summed E-state index contributed by atoms with van der Waals surface area (Å²) in [6.07, 6.45) is 6.93. The van der Waals surface area contributed by atoms with Gasteiger partial charge in [0.2, 0.25) is 0 Å². The van der Waals surface area contributed by atoms with Crippen LogP contribution in [0.3, 0.4) is 0 Å². The molecule has 4 heteroatoms. The molecule has 0 saturated carbocycles. The third kappa shape index (κ3) is 2.27. The molecule has 3 rings (SSSR count). The lowest BCUT2D eigenvalue weighted by molar-refractivity contribution is 1.01. The number of hydrogen-bond donors (Lipinski definition) is 1. The predicted molar refractivity (Wildman–Crippen MR) is 71.1 cm³/mol. The SMILES string of the molecule is c1cnc2ccc(NCc3cnccn3)cc2c1. The van der Waals surface area contributed by atoms with Crippen LogP contribution < -0.4 is 5.32 Å². The van der Waals surface area contributed by atoms with Gasteiger partial charge in [-0.1, -0.05) is 6.07 Å². The zero-order chi connectivity index (χ0) is 12.2. The maximum absolute atomic E-state index is 4.29. The Morgan fingerprint density at radius 1 is 1.00 bits per heavy atom. The first-order valence-electron chi connectivity index (χ1n) is 5.75. The first-order valence-corrected chi connectivity index (χ1v) is 5.75. The summed E-state index contributed by atoms with van der Waals surface area (Å²) in [6.45, 7) is 0.666. The minimum absolute atomic E-state index is 0.666. The highest BCUT2D eigenvalue weighted by Crippen LogP contribution is 2.17. The molecule has 0 aliphatic rings. The van der Waals surface area contributed by atoms with Gasteiger partial charge in [-0.25, -0.2) is 0 Å². The summed E-state index contributed by atoms with van der Waals surface area (Å²) in [5, 5.41) is 4.45. The molecule has 0 unspecified atom stereocenters. The quantitative estimate of drug-likeness (QED) is 0.759. The van der Waals surface area contributed by atoms with Crippen LogP contribution in [0.1, 0.15) is 5.69 Å². The molecular formula is C14H12N4.